The van der Waals surface area contributed by atoms with Crippen LogP contribution in [0.4, 0.5) is 0 Å². The van der Waals surface area contributed by atoms with E-state index in [2.05, 4.69) is 54.8 Å². The fourth-order valence-corrected chi connectivity index (χ4v) is 1.92. The number of hydrogen-bond donors (Lipinski definition) is 1. The van der Waals surface area contributed by atoms with Crippen LogP contribution in [0.3, 0.4) is 0 Å². The van der Waals surface area contributed by atoms with Crippen molar-refractivity contribution in [2.45, 2.75) is 11.1 Å². The van der Waals surface area contributed by atoms with Crippen molar-refractivity contribution in [1.82, 2.24) is 10.2 Å². The summed E-state index contributed by atoms with van der Waals surface area (Å²) in [6.45, 7) is 0. The molecule has 0 radical (unpaired) electrons. The Bertz CT molecular complexity index is 269. The van der Waals surface area contributed by atoms with Gasteiger partial charge in [0.2, 0.25) is 0 Å². The van der Waals surface area contributed by atoms with E-state index < -0.39 is 0 Å². The summed E-state index contributed by atoms with van der Waals surface area (Å²) in [5.74, 6) is 0. The lowest BCUT2D eigenvalue weighted by Gasteiger charge is -2.24. The first-order valence-electron chi connectivity index (χ1n) is 4.66. The van der Waals surface area contributed by atoms with Gasteiger partial charge in [-0.15, -0.1) is 11.8 Å². The van der Waals surface area contributed by atoms with E-state index in [4.69, 9.17) is 0 Å². The topological polar surface area (TPSA) is 15.3 Å². The molecular weight excluding hydrogens is 192 g/mol. The normalized spacial score (nSPS) is 13.2. The molecular formula is C11H18N2S. The second-order valence-corrected chi connectivity index (χ2v) is 4.31. The van der Waals surface area contributed by atoms with Crippen LogP contribution in [0.5, 0.6) is 0 Å². The van der Waals surface area contributed by atoms with Crippen molar-refractivity contribution in [3.05, 3.63) is 29.8 Å². The average Bonchev–Trinajstić information content (AvgIpc) is 2.19. The highest BCUT2D eigenvalue weighted by atomic mass is 32.2. The van der Waals surface area contributed by atoms with Crippen molar-refractivity contribution in [2.24, 2.45) is 0 Å². The largest absolute Gasteiger partial charge is 0.301 e. The van der Waals surface area contributed by atoms with E-state index in [9.17, 15) is 0 Å². The van der Waals surface area contributed by atoms with Crippen LogP contribution < -0.4 is 5.32 Å². The van der Waals surface area contributed by atoms with Gasteiger partial charge in [0, 0.05) is 4.90 Å². The zero-order chi connectivity index (χ0) is 10.6. The summed E-state index contributed by atoms with van der Waals surface area (Å²) in [5.41, 5.74) is 1.30. The molecule has 0 aromatic heterocycles. The Balaban J connectivity index is 2.84. The lowest BCUT2D eigenvalue weighted by Crippen LogP contribution is -2.30. The molecule has 0 aliphatic rings. The number of thioether (sulfide) groups is 1. The first-order valence-corrected chi connectivity index (χ1v) is 5.89. The van der Waals surface area contributed by atoms with Gasteiger partial charge in [-0.25, -0.2) is 0 Å². The van der Waals surface area contributed by atoms with Crippen molar-refractivity contribution in [2.75, 3.05) is 27.4 Å². The van der Waals surface area contributed by atoms with E-state index in [-0.39, 0.29) is 0 Å². The van der Waals surface area contributed by atoms with Crippen LogP contribution in [-0.4, -0.2) is 32.3 Å². The van der Waals surface area contributed by atoms with Crippen LogP contribution in [0.15, 0.2) is 29.2 Å². The molecule has 1 atom stereocenters. The smallest absolute Gasteiger partial charge is 0.0853 e. The Kier molecular flexibility index (Phi) is 4.45. The molecule has 1 N–H and O–H groups in total. The molecule has 1 aromatic rings. The van der Waals surface area contributed by atoms with E-state index >= 15 is 0 Å². The summed E-state index contributed by atoms with van der Waals surface area (Å²) in [4.78, 5) is 3.47. The van der Waals surface area contributed by atoms with Crippen LogP contribution in [0.1, 0.15) is 11.7 Å². The second kappa shape index (κ2) is 5.39. The third-order valence-corrected chi connectivity index (χ3v) is 2.96. The van der Waals surface area contributed by atoms with E-state index in [0.29, 0.717) is 6.17 Å². The summed E-state index contributed by atoms with van der Waals surface area (Å²) in [6.07, 6.45) is 2.39. The monoisotopic (exact) mass is 210 g/mol. The van der Waals surface area contributed by atoms with Gasteiger partial charge >= 0.3 is 0 Å². The third-order valence-electron chi connectivity index (χ3n) is 2.22. The Morgan fingerprint density at radius 2 is 1.79 bits per heavy atom. The van der Waals surface area contributed by atoms with Gasteiger partial charge in [-0.3, -0.25) is 4.90 Å². The molecule has 0 aliphatic carbocycles. The highest BCUT2D eigenvalue weighted by Gasteiger charge is 2.10. The minimum atomic E-state index is 0.297. The summed E-state index contributed by atoms with van der Waals surface area (Å²) in [7, 11) is 6.13. The number of rotatable bonds is 4. The van der Waals surface area contributed by atoms with Crippen LogP contribution in [0, 0.1) is 0 Å². The molecule has 0 spiro atoms. The maximum Gasteiger partial charge on any atom is 0.0853 e. The quantitative estimate of drug-likeness (QED) is 0.606. The molecule has 2 nitrogen and oxygen atoms in total. The molecule has 1 aromatic carbocycles. The van der Waals surface area contributed by atoms with Gasteiger partial charge in [-0.1, -0.05) is 12.1 Å². The van der Waals surface area contributed by atoms with Crippen LogP contribution in [0.2, 0.25) is 0 Å². The summed E-state index contributed by atoms with van der Waals surface area (Å²) >= 11 is 1.77. The van der Waals surface area contributed by atoms with Crippen molar-refractivity contribution in [1.29, 1.82) is 0 Å². The van der Waals surface area contributed by atoms with Crippen molar-refractivity contribution < 1.29 is 0 Å². The molecule has 78 valence electrons. The highest BCUT2D eigenvalue weighted by molar-refractivity contribution is 7.98. The van der Waals surface area contributed by atoms with E-state index in [1.807, 2.05) is 7.05 Å². The molecule has 0 bridgehead atoms. The summed E-state index contributed by atoms with van der Waals surface area (Å²) < 4.78 is 0. The molecule has 0 heterocycles. The molecule has 0 saturated carbocycles. The molecule has 0 saturated heterocycles. The Labute approximate surface area is 90.7 Å². The zero-order valence-corrected chi connectivity index (χ0v) is 10.1. The fraction of sp³-hybridized carbons (Fsp3) is 0.455. The Hall–Kier alpha value is -0.510. The van der Waals surface area contributed by atoms with E-state index in [0.717, 1.165) is 0 Å². The Morgan fingerprint density at radius 1 is 1.21 bits per heavy atom. The van der Waals surface area contributed by atoms with Crippen molar-refractivity contribution in [3.63, 3.8) is 0 Å². The molecule has 14 heavy (non-hydrogen) atoms. The van der Waals surface area contributed by atoms with E-state index in [1.165, 1.54) is 10.5 Å². The fourth-order valence-electron chi connectivity index (χ4n) is 1.51. The molecule has 0 amide bonds. The third kappa shape index (κ3) is 2.74. The standard InChI is InChI=1S/C11H18N2S/c1-12-11(13(2)3)9-5-7-10(14-4)8-6-9/h5-8,11-12H,1-4H3. The van der Waals surface area contributed by atoms with Gasteiger partial charge in [0.05, 0.1) is 6.17 Å². The summed E-state index contributed by atoms with van der Waals surface area (Å²) in [5, 5.41) is 3.27. The molecule has 0 aliphatic heterocycles. The highest BCUT2D eigenvalue weighted by Crippen LogP contribution is 2.19. The van der Waals surface area contributed by atoms with Crippen LogP contribution in [0.25, 0.3) is 0 Å². The Morgan fingerprint density at radius 3 is 2.14 bits per heavy atom. The lowest BCUT2D eigenvalue weighted by molar-refractivity contribution is 0.264. The zero-order valence-electron chi connectivity index (χ0n) is 9.24. The van der Waals surface area contributed by atoms with Crippen LogP contribution in [-0.2, 0) is 0 Å². The number of nitrogens with zero attached hydrogens (tertiary/aromatic N) is 1. The SMILES string of the molecule is CNC(c1ccc(SC)cc1)N(C)C. The van der Waals surface area contributed by atoms with Crippen LogP contribution >= 0.6 is 11.8 Å². The minimum Gasteiger partial charge on any atom is -0.301 e. The summed E-state index contributed by atoms with van der Waals surface area (Å²) in [6, 6.07) is 8.67. The maximum absolute atomic E-state index is 3.27. The minimum absolute atomic E-state index is 0.297. The number of hydrogen-bond acceptors (Lipinski definition) is 3. The first-order chi connectivity index (χ1) is 6.69. The van der Waals surface area contributed by atoms with Gasteiger partial charge in [0.1, 0.15) is 0 Å². The number of benzene rings is 1. The lowest BCUT2D eigenvalue weighted by atomic mass is 10.1. The predicted octanol–water partition coefficient (Wildman–Crippen LogP) is 2.19. The molecule has 3 heteroatoms. The van der Waals surface area contributed by atoms with Gasteiger partial charge in [-0.05, 0) is 45.1 Å². The van der Waals surface area contributed by atoms with E-state index in [1.54, 1.807) is 11.8 Å². The first kappa shape index (κ1) is 11.6. The van der Waals surface area contributed by atoms with Crippen molar-refractivity contribution in [3.8, 4) is 0 Å². The second-order valence-electron chi connectivity index (χ2n) is 3.43. The number of nitrogens with one attached hydrogen (secondary N) is 1. The van der Waals surface area contributed by atoms with Gasteiger partial charge < -0.3 is 5.32 Å². The van der Waals surface area contributed by atoms with Gasteiger partial charge in [-0.2, -0.15) is 0 Å². The maximum atomic E-state index is 3.27. The molecule has 1 unspecified atom stereocenters. The molecule has 1 rings (SSSR count). The van der Waals surface area contributed by atoms with Crippen molar-refractivity contribution >= 4 is 11.8 Å². The average molecular weight is 210 g/mol. The van der Waals surface area contributed by atoms with Gasteiger partial charge in [0.15, 0.2) is 0 Å². The predicted molar refractivity (Wildman–Crippen MR) is 63.7 cm³/mol. The van der Waals surface area contributed by atoms with Gasteiger partial charge in [0.25, 0.3) is 0 Å². The molecule has 0 fully saturated rings.